The van der Waals surface area contributed by atoms with Gasteiger partial charge in [-0.3, -0.25) is 4.90 Å². The highest BCUT2D eigenvalue weighted by molar-refractivity contribution is 5.18. The fraction of sp³-hybridized carbons (Fsp3) is 0.895. The van der Waals surface area contributed by atoms with Crippen molar-refractivity contribution in [2.45, 2.75) is 95.2 Å². The van der Waals surface area contributed by atoms with Gasteiger partial charge in [0.1, 0.15) is 0 Å². The fourth-order valence-electron chi connectivity index (χ4n) is 5.26. The largest absolute Gasteiger partial charge is 0.395 e. The minimum atomic E-state index is 0.321. The number of unbranched alkanes of at least 4 members (excludes halogenated alkanes) is 2. The van der Waals surface area contributed by atoms with Crippen LogP contribution in [0.3, 0.4) is 0 Å². The summed E-state index contributed by atoms with van der Waals surface area (Å²) in [6, 6.07) is 0.784. The van der Waals surface area contributed by atoms with Gasteiger partial charge in [0, 0.05) is 18.0 Å². The van der Waals surface area contributed by atoms with Gasteiger partial charge in [-0.15, -0.1) is 5.92 Å². The van der Waals surface area contributed by atoms with Gasteiger partial charge in [-0.05, 0) is 50.9 Å². The summed E-state index contributed by atoms with van der Waals surface area (Å²) in [6.45, 7) is 2.55. The van der Waals surface area contributed by atoms with Crippen LogP contribution in [0.15, 0.2) is 0 Å². The van der Waals surface area contributed by atoms with Crippen LogP contribution in [0.1, 0.15) is 77.6 Å². The third-order valence-corrected chi connectivity index (χ3v) is 6.25. The van der Waals surface area contributed by atoms with Gasteiger partial charge in [0.05, 0.1) is 12.6 Å². The minimum Gasteiger partial charge on any atom is -0.395 e. The van der Waals surface area contributed by atoms with E-state index in [2.05, 4.69) is 23.7 Å². The molecule has 0 aromatic rings. The monoisotopic (exact) mass is 289 g/mol. The van der Waals surface area contributed by atoms with Gasteiger partial charge in [-0.25, -0.2) is 0 Å². The van der Waals surface area contributed by atoms with Crippen LogP contribution in [0.4, 0.5) is 0 Å². The van der Waals surface area contributed by atoms with Crippen molar-refractivity contribution in [2.75, 3.05) is 6.61 Å². The Morgan fingerprint density at radius 2 is 2.05 bits per heavy atom. The molecule has 2 heteroatoms. The highest BCUT2D eigenvalue weighted by atomic mass is 16.3. The van der Waals surface area contributed by atoms with Gasteiger partial charge in [0.2, 0.25) is 0 Å². The standard InChI is InChI=1S/C19H31NO/c1-2-3-4-5-9-17-11-10-16-8-6-7-13-19(16)14-12-18(15-21)20(17)19/h16-18,21H,2-4,6-8,10-15H2,1H3/t16-,17-,18+,19-/m1/s1. The zero-order valence-corrected chi connectivity index (χ0v) is 13.6. The lowest BCUT2D eigenvalue weighted by Crippen LogP contribution is -2.61. The molecular formula is C19H31NO. The van der Waals surface area contributed by atoms with Gasteiger partial charge in [-0.2, -0.15) is 0 Å². The average Bonchev–Trinajstić information content (AvgIpc) is 2.90. The molecule has 0 radical (unpaired) electrons. The van der Waals surface area contributed by atoms with Gasteiger partial charge in [-0.1, -0.05) is 32.1 Å². The molecule has 2 heterocycles. The van der Waals surface area contributed by atoms with E-state index in [4.69, 9.17) is 0 Å². The Kier molecular flexibility index (Phi) is 4.92. The van der Waals surface area contributed by atoms with E-state index in [1.54, 1.807) is 0 Å². The van der Waals surface area contributed by atoms with Crippen LogP contribution < -0.4 is 0 Å². The molecule has 0 aromatic carbocycles. The summed E-state index contributed by atoms with van der Waals surface area (Å²) in [6.07, 6.45) is 14.1. The first-order chi connectivity index (χ1) is 10.3. The smallest absolute Gasteiger partial charge is 0.0722 e. The van der Waals surface area contributed by atoms with Crippen molar-refractivity contribution in [2.24, 2.45) is 5.92 Å². The molecule has 3 fully saturated rings. The van der Waals surface area contributed by atoms with Gasteiger partial charge < -0.3 is 5.11 Å². The molecule has 0 aromatic heterocycles. The van der Waals surface area contributed by atoms with Crippen molar-refractivity contribution in [1.29, 1.82) is 0 Å². The van der Waals surface area contributed by atoms with Crippen molar-refractivity contribution in [1.82, 2.24) is 4.90 Å². The first-order valence-corrected chi connectivity index (χ1v) is 9.19. The summed E-state index contributed by atoms with van der Waals surface area (Å²) in [5, 5.41) is 9.83. The highest BCUT2D eigenvalue weighted by Crippen LogP contribution is 2.53. The van der Waals surface area contributed by atoms with Crippen LogP contribution in [-0.4, -0.2) is 34.2 Å². The van der Waals surface area contributed by atoms with Crippen molar-refractivity contribution >= 4 is 0 Å². The Balaban J connectivity index is 1.80. The SMILES string of the molecule is CCCCC#C[C@@H]1CC[C@H]2CCCC[C@@]23CC[C@@H](CO)N13. The van der Waals surface area contributed by atoms with E-state index in [0.29, 0.717) is 24.2 Å². The second-order valence-corrected chi connectivity index (χ2v) is 7.35. The molecule has 0 unspecified atom stereocenters. The Morgan fingerprint density at radius 3 is 2.86 bits per heavy atom. The van der Waals surface area contributed by atoms with E-state index in [-0.39, 0.29) is 0 Å². The molecule has 21 heavy (non-hydrogen) atoms. The quantitative estimate of drug-likeness (QED) is 0.632. The number of nitrogens with zero attached hydrogens (tertiary/aromatic N) is 1. The average molecular weight is 289 g/mol. The van der Waals surface area contributed by atoms with Gasteiger partial charge in [0.25, 0.3) is 0 Å². The normalized spacial score (nSPS) is 39.2. The number of hydrogen-bond acceptors (Lipinski definition) is 2. The molecule has 1 N–H and O–H groups in total. The van der Waals surface area contributed by atoms with E-state index >= 15 is 0 Å². The zero-order chi connectivity index (χ0) is 14.7. The molecule has 1 aliphatic carbocycles. The molecule has 3 aliphatic rings. The van der Waals surface area contributed by atoms with Crippen LogP contribution >= 0.6 is 0 Å². The molecule has 0 amide bonds. The number of aliphatic hydroxyl groups is 1. The maximum absolute atomic E-state index is 9.83. The van der Waals surface area contributed by atoms with Crippen molar-refractivity contribution < 1.29 is 5.11 Å². The van der Waals surface area contributed by atoms with Crippen LogP contribution in [0.5, 0.6) is 0 Å². The number of hydrogen-bond donors (Lipinski definition) is 1. The third-order valence-electron chi connectivity index (χ3n) is 6.25. The fourth-order valence-corrected chi connectivity index (χ4v) is 5.26. The molecule has 2 aliphatic heterocycles. The first kappa shape index (κ1) is 15.4. The number of piperidine rings is 1. The summed E-state index contributed by atoms with van der Waals surface area (Å²) >= 11 is 0. The molecule has 4 atom stereocenters. The summed E-state index contributed by atoms with van der Waals surface area (Å²) in [5.41, 5.74) is 0.397. The predicted molar refractivity (Wildman–Crippen MR) is 87.0 cm³/mol. The molecule has 118 valence electrons. The summed E-state index contributed by atoms with van der Waals surface area (Å²) in [5.74, 6) is 7.89. The molecule has 1 saturated carbocycles. The summed E-state index contributed by atoms with van der Waals surface area (Å²) in [4.78, 5) is 2.69. The lowest BCUT2D eigenvalue weighted by atomic mass is 9.66. The molecular weight excluding hydrogens is 258 g/mol. The van der Waals surface area contributed by atoms with Crippen molar-refractivity contribution in [3.05, 3.63) is 0 Å². The van der Waals surface area contributed by atoms with Gasteiger partial charge >= 0.3 is 0 Å². The Hall–Kier alpha value is -0.520. The maximum Gasteiger partial charge on any atom is 0.0722 e. The number of aliphatic hydroxyl groups excluding tert-OH is 1. The minimum absolute atomic E-state index is 0.321. The Bertz CT molecular complexity index is 410. The lowest BCUT2D eigenvalue weighted by molar-refractivity contribution is -0.0513. The van der Waals surface area contributed by atoms with Crippen LogP contribution in [0, 0.1) is 17.8 Å². The van der Waals surface area contributed by atoms with Crippen molar-refractivity contribution in [3.8, 4) is 11.8 Å². The molecule has 3 rings (SSSR count). The molecule has 2 nitrogen and oxygen atoms in total. The molecule has 1 spiro atoms. The predicted octanol–water partition coefficient (Wildman–Crippen LogP) is 3.73. The van der Waals surface area contributed by atoms with Gasteiger partial charge in [0.15, 0.2) is 0 Å². The third kappa shape index (κ3) is 2.76. The summed E-state index contributed by atoms with van der Waals surface area (Å²) in [7, 11) is 0. The van der Waals surface area contributed by atoms with E-state index in [1.165, 1.54) is 64.2 Å². The van der Waals surface area contributed by atoms with Crippen LogP contribution in [-0.2, 0) is 0 Å². The zero-order valence-electron chi connectivity index (χ0n) is 13.6. The van der Waals surface area contributed by atoms with E-state index in [0.717, 1.165) is 12.3 Å². The Morgan fingerprint density at radius 1 is 1.14 bits per heavy atom. The number of rotatable bonds is 3. The lowest BCUT2D eigenvalue weighted by Gasteiger charge is -2.55. The van der Waals surface area contributed by atoms with E-state index in [9.17, 15) is 5.11 Å². The molecule has 2 saturated heterocycles. The Labute approximate surface area is 130 Å². The van der Waals surface area contributed by atoms with Crippen molar-refractivity contribution in [3.63, 3.8) is 0 Å². The van der Waals surface area contributed by atoms with E-state index in [1.807, 2.05) is 0 Å². The topological polar surface area (TPSA) is 23.5 Å². The second-order valence-electron chi connectivity index (χ2n) is 7.35. The second kappa shape index (κ2) is 6.71. The van der Waals surface area contributed by atoms with Crippen LogP contribution in [0.2, 0.25) is 0 Å². The maximum atomic E-state index is 9.83. The summed E-state index contributed by atoms with van der Waals surface area (Å²) < 4.78 is 0. The highest BCUT2D eigenvalue weighted by Gasteiger charge is 2.55. The van der Waals surface area contributed by atoms with E-state index < -0.39 is 0 Å². The first-order valence-electron chi connectivity index (χ1n) is 9.19. The van der Waals surface area contributed by atoms with Crippen LogP contribution in [0.25, 0.3) is 0 Å². The molecule has 0 bridgehead atoms.